The van der Waals surface area contributed by atoms with Crippen LogP contribution in [0.3, 0.4) is 0 Å². The van der Waals surface area contributed by atoms with Gasteiger partial charge in [-0.15, -0.1) is 0 Å². The highest BCUT2D eigenvalue weighted by Gasteiger charge is 2.09. The van der Waals surface area contributed by atoms with Crippen LogP contribution in [0.5, 0.6) is 23.0 Å². The minimum absolute atomic E-state index is 0.00361. The number of aromatic hydroxyl groups is 1. The van der Waals surface area contributed by atoms with Crippen molar-refractivity contribution in [3.05, 3.63) is 52.9 Å². The van der Waals surface area contributed by atoms with Gasteiger partial charge in [-0.1, -0.05) is 12.1 Å². The molecule has 0 aliphatic rings. The first-order chi connectivity index (χ1) is 11.6. The Labute approximate surface area is 143 Å². The molecule has 0 aliphatic heterocycles. The summed E-state index contributed by atoms with van der Waals surface area (Å²) in [6.07, 6.45) is 1.59. The monoisotopic (exact) mass is 348 g/mol. The van der Waals surface area contributed by atoms with E-state index in [1.807, 2.05) is 24.3 Å². The van der Waals surface area contributed by atoms with Crippen LogP contribution in [0.4, 0.5) is 0 Å². The molecule has 0 amide bonds. The van der Waals surface area contributed by atoms with Crippen LogP contribution in [0, 0.1) is 0 Å². The Balaban J connectivity index is 2.13. The molecule has 0 spiro atoms. The van der Waals surface area contributed by atoms with E-state index in [1.165, 1.54) is 25.7 Å². The van der Waals surface area contributed by atoms with E-state index in [1.54, 1.807) is 19.3 Å². The van der Waals surface area contributed by atoms with Crippen molar-refractivity contribution in [2.45, 2.75) is 5.75 Å². The van der Waals surface area contributed by atoms with Crippen LogP contribution in [0.1, 0.15) is 11.1 Å². The molecule has 0 heterocycles. The number of benzene rings is 2. The van der Waals surface area contributed by atoms with Crippen LogP contribution < -0.4 is 14.2 Å². The van der Waals surface area contributed by atoms with E-state index in [9.17, 15) is 9.32 Å². The number of rotatable bonds is 7. The third kappa shape index (κ3) is 4.52. The van der Waals surface area contributed by atoms with Crippen LogP contribution in [-0.2, 0) is 16.6 Å². The fourth-order valence-corrected chi connectivity index (χ4v) is 3.02. The largest absolute Gasteiger partial charge is 0.507 e. The maximum atomic E-state index is 12.2. The highest BCUT2D eigenvalue weighted by Crippen LogP contribution is 2.34. The Morgan fingerprint density at radius 2 is 1.67 bits per heavy atom. The first kappa shape index (κ1) is 17.9. The topological polar surface area (TPSA) is 65.0 Å². The summed E-state index contributed by atoms with van der Waals surface area (Å²) in [7, 11) is 3.38. The number of methoxy groups -OCH3 is 3. The molecule has 0 bridgehead atoms. The molecule has 0 saturated carbocycles. The summed E-state index contributed by atoms with van der Waals surface area (Å²) in [4.78, 5) is 0. The molecule has 2 aromatic rings. The Bertz CT molecular complexity index is 738. The molecule has 0 saturated heterocycles. The second-order valence-electron chi connectivity index (χ2n) is 4.94. The minimum atomic E-state index is -1.23. The van der Waals surface area contributed by atoms with E-state index in [2.05, 4.69) is 0 Å². The molecule has 0 radical (unpaired) electrons. The predicted octanol–water partition coefficient (Wildman–Crippen LogP) is 3.34. The van der Waals surface area contributed by atoms with Crippen molar-refractivity contribution in [2.24, 2.45) is 0 Å². The molecule has 2 aromatic carbocycles. The molecule has 1 atom stereocenters. The zero-order chi connectivity index (χ0) is 17.5. The van der Waals surface area contributed by atoms with Gasteiger partial charge in [0.2, 0.25) is 0 Å². The zero-order valence-electron chi connectivity index (χ0n) is 13.8. The van der Waals surface area contributed by atoms with Crippen molar-refractivity contribution in [1.29, 1.82) is 0 Å². The SMILES string of the molecule is COc1ccc(CS(=O)C=Cc2c(O)cc(OC)cc2OC)cc1. The van der Waals surface area contributed by atoms with Gasteiger partial charge >= 0.3 is 0 Å². The van der Waals surface area contributed by atoms with Crippen molar-refractivity contribution in [3.8, 4) is 23.0 Å². The van der Waals surface area contributed by atoms with E-state index in [0.29, 0.717) is 22.8 Å². The summed E-state index contributed by atoms with van der Waals surface area (Å²) in [6, 6.07) is 10.5. The Kier molecular flexibility index (Phi) is 6.26. The third-order valence-electron chi connectivity index (χ3n) is 3.40. The van der Waals surface area contributed by atoms with Crippen molar-refractivity contribution in [1.82, 2.24) is 0 Å². The Hall–Kier alpha value is -2.47. The standard InChI is InChI=1S/C18H20O5S/c1-21-14-6-4-13(5-7-14)12-24(20)9-8-16-17(19)10-15(22-2)11-18(16)23-3/h4-11,19H,12H2,1-3H3. The molecule has 5 nitrogen and oxygen atoms in total. The van der Waals surface area contributed by atoms with Crippen molar-refractivity contribution in [2.75, 3.05) is 21.3 Å². The highest BCUT2D eigenvalue weighted by molar-refractivity contribution is 7.87. The molecule has 2 rings (SSSR count). The van der Waals surface area contributed by atoms with Gasteiger partial charge < -0.3 is 19.3 Å². The molecular formula is C18H20O5S. The van der Waals surface area contributed by atoms with Crippen molar-refractivity contribution in [3.63, 3.8) is 0 Å². The van der Waals surface area contributed by atoms with E-state index in [4.69, 9.17) is 14.2 Å². The minimum Gasteiger partial charge on any atom is -0.507 e. The fraction of sp³-hybridized carbons (Fsp3) is 0.222. The summed E-state index contributed by atoms with van der Waals surface area (Å²) in [5.74, 6) is 2.07. The lowest BCUT2D eigenvalue weighted by Crippen LogP contribution is -1.93. The second kappa shape index (κ2) is 8.40. The normalized spacial score (nSPS) is 12.1. The fourth-order valence-electron chi connectivity index (χ4n) is 2.12. The number of phenols is 1. The van der Waals surface area contributed by atoms with E-state index in [-0.39, 0.29) is 5.75 Å². The van der Waals surface area contributed by atoms with Gasteiger partial charge in [0, 0.05) is 17.5 Å². The molecule has 128 valence electrons. The van der Waals surface area contributed by atoms with Gasteiger partial charge in [-0.05, 0) is 23.8 Å². The molecule has 1 unspecified atom stereocenters. The van der Waals surface area contributed by atoms with E-state index < -0.39 is 10.8 Å². The molecular weight excluding hydrogens is 328 g/mol. The summed E-state index contributed by atoms with van der Waals surface area (Å²) >= 11 is 0. The lowest BCUT2D eigenvalue weighted by molar-refractivity contribution is 0.384. The first-order valence-electron chi connectivity index (χ1n) is 7.20. The van der Waals surface area contributed by atoms with Gasteiger partial charge in [0.1, 0.15) is 23.0 Å². The zero-order valence-corrected chi connectivity index (χ0v) is 14.6. The third-order valence-corrected chi connectivity index (χ3v) is 4.46. The quantitative estimate of drug-likeness (QED) is 0.831. The number of hydrogen-bond donors (Lipinski definition) is 1. The van der Waals surface area contributed by atoms with Crippen LogP contribution in [0.15, 0.2) is 41.8 Å². The number of hydrogen-bond acceptors (Lipinski definition) is 5. The van der Waals surface area contributed by atoms with Gasteiger partial charge in [0.25, 0.3) is 0 Å². The van der Waals surface area contributed by atoms with Gasteiger partial charge in [-0.3, -0.25) is 4.21 Å². The van der Waals surface area contributed by atoms with Crippen molar-refractivity contribution >= 4 is 16.9 Å². The van der Waals surface area contributed by atoms with Gasteiger partial charge in [0.15, 0.2) is 0 Å². The molecule has 1 N–H and O–H groups in total. The maximum Gasteiger partial charge on any atom is 0.133 e. The average Bonchev–Trinajstić information content (AvgIpc) is 2.60. The van der Waals surface area contributed by atoms with E-state index in [0.717, 1.165) is 11.3 Å². The van der Waals surface area contributed by atoms with Crippen LogP contribution in [-0.4, -0.2) is 30.6 Å². The Morgan fingerprint density at radius 3 is 2.25 bits per heavy atom. The Morgan fingerprint density at radius 1 is 1.00 bits per heavy atom. The summed E-state index contributed by atoms with van der Waals surface area (Å²) in [5.41, 5.74) is 1.39. The second-order valence-corrected chi connectivity index (χ2v) is 6.26. The van der Waals surface area contributed by atoms with Gasteiger partial charge in [-0.25, -0.2) is 0 Å². The number of ether oxygens (including phenoxy) is 3. The molecule has 6 heteroatoms. The molecule has 0 aliphatic carbocycles. The van der Waals surface area contributed by atoms with Gasteiger partial charge in [0.05, 0.1) is 43.4 Å². The smallest absolute Gasteiger partial charge is 0.133 e. The lowest BCUT2D eigenvalue weighted by atomic mass is 10.1. The molecule has 24 heavy (non-hydrogen) atoms. The van der Waals surface area contributed by atoms with E-state index >= 15 is 0 Å². The first-order valence-corrected chi connectivity index (χ1v) is 8.59. The van der Waals surface area contributed by atoms with Crippen LogP contribution in [0.25, 0.3) is 6.08 Å². The summed E-state index contributed by atoms with van der Waals surface area (Å²) in [5, 5.41) is 11.6. The lowest BCUT2D eigenvalue weighted by Gasteiger charge is -2.09. The number of phenolic OH excluding ortho intramolecular Hbond substituents is 1. The summed E-state index contributed by atoms with van der Waals surface area (Å²) < 4.78 is 27.6. The maximum absolute atomic E-state index is 12.2. The highest BCUT2D eigenvalue weighted by atomic mass is 32.2. The van der Waals surface area contributed by atoms with Crippen LogP contribution in [0.2, 0.25) is 0 Å². The molecule has 0 fully saturated rings. The van der Waals surface area contributed by atoms with Crippen LogP contribution >= 0.6 is 0 Å². The predicted molar refractivity (Wildman–Crippen MR) is 95.1 cm³/mol. The average molecular weight is 348 g/mol. The van der Waals surface area contributed by atoms with Gasteiger partial charge in [-0.2, -0.15) is 0 Å². The molecule has 0 aromatic heterocycles. The van der Waals surface area contributed by atoms with Crippen molar-refractivity contribution < 1.29 is 23.5 Å². The summed E-state index contributed by atoms with van der Waals surface area (Å²) in [6.45, 7) is 0.